The molecule has 80 valence electrons. The first-order chi connectivity index (χ1) is 6.52. The minimum absolute atomic E-state index is 0.00319. The molecule has 2 saturated carbocycles. The first-order valence-corrected chi connectivity index (χ1v) is 5.12. The Morgan fingerprint density at radius 1 is 1.71 bits per heavy atom. The number of alkyl halides is 1. The van der Waals surface area contributed by atoms with Crippen LogP contribution in [0.15, 0.2) is 0 Å². The lowest BCUT2D eigenvalue weighted by molar-refractivity contribution is -0.150. The van der Waals surface area contributed by atoms with Crippen LogP contribution < -0.4 is 5.73 Å². The van der Waals surface area contributed by atoms with Crippen LogP contribution in [-0.2, 0) is 9.53 Å². The van der Waals surface area contributed by atoms with Crippen LogP contribution in [0.4, 0.5) is 4.39 Å². The molecule has 0 spiro atoms. The Kier molecular flexibility index (Phi) is 2.07. The number of ether oxygens (including phenoxy) is 1. The summed E-state index contributed by atoms with van der Waals surface area (Å²) < 4.78 is 18.3. The fraction of sp³-hybridized carbons (Fsp3) is 0.900. The van der Waals surface area contributed by atoms with Crippen molar-refractivity contribution in [1.29, 1.82) is 0 Å². The van der Waals surface area contributed by atoms with E-state index in [1.54, 1.807) is 6.92 Å². The van der Waals surface area contributed by atoms with Crippen molar-refractivity contribution in [2.45, 2.75) is 32.0 Å². The Morgan fingerprint density at radius 2 is 2.36 bits per heavy atom. The van der Waals surface area contributed by atoms with Crippen molar-refractivity contribution in [3.63, 3.8) is 0 Å². The average Bonchev–Trinajstić information content (AvgIpc) is 2.68. The molecule has 0 aromatic heterocycles. The summed E-state index contributed by atoms with van der Waals surface area (Å²) in [4.78, 5) is 11.6. The summed E-state index contributed by atoms with van der Waals surface area (Å²) in [6.45, 7) is 3.99. The third-order valence-corrected chi connectivity index (χ3v) is 3.65. The van der Waals surface area contributed by atoms with Gasteiger partial charge in [-0.25, -0.2) is 4.39 Å². The summed E-state index contributed by atoms with van der Waals surface area (Å²) in [6, 6.07) is 0. The van der Waals surface area contributed by atoms with Crippen molar-refractivity contribution in [2.24, 2.45) is 23.5 Å². The van der Waals surface area contributed by atoms with Gasteiger partial charge in [-0.05, 0) is 24.7 Å². The van der Waals surface area contributed by atoms with Crippen molar-refractivity contribution in [1.82, 2.24) is 0 Å². The third kappa shape index (κ3) is 1.10. The number of hydrogen-bond acceptors (Lipinski definition) is 3. The van der Waals surface area contributed by atoms with E-state index < -0.39 is 17.7 Å². The lowest BCUT2D eigenvalue weighted by Crippen LogP contribution is -2.50. The summed E-state index contributed by atoms with van der Waals surface area (Å²) in [6.07, 6.45) is -0.796. The maximum atomic E-state index is 13.4. The van der Waals surface area contributed by atoms with E-state index in [4.69, 9.17) is 10.5 Å². The molecule has 4 heteroatoms. The van der Waals surface area contributed by atoms with Crippen molar-refractivity contribution in [3.05, 3.63) is 0 Å². The monoisotopic (exact) mass is 201 g/mol. The van der Waals surface area contributed by atoms with Crippen LogP contribution in [0, 0.1) is 17.8 Å². The van der Waals surface area contributed by atoms with E-state index >= 15 is 0 Å². The molecule has 5 atom stereocenters. The summed E-state index contributed by atoms with van der Waals surface area (Å²) in [5, 5.41) is 0. The van der Waals surface area contributed by atoms with Crippen LogP contribution in [0.1, 0.15) is 20.3 Å². The number of nitrogens with two attached hydrogens (primary N) is 1. The zero-order chi connectivity index (χ0) is 10.5. The van der Waals surface area contributed by atoms with E-state index in [0.29, 0.717) is 6.61 Å². The minimum Gasteiger partial charge on any atom is -0.465 e. The lowest BCUT2D eigenvalue weighted by atomic mass is 9.91. The second-order valence-corrected chi connectivity index (χ2v) is 4.44. The van der Waals surface area contributed by atoms with Crippen LogP contribution in [0.5, 0.6) is 0 Å². The summed E-state index contributed by atoms with van der Waals surface area (Å²) >= 11 is 0. The Bertz CT molecular complexity index is 271. The molecule has 0 amide bonds. The molecule has 3 nitrogen and oxygen atoms in total. The van der Waals surface area contributed by atoms with Gasteiger partial charge in [0.15, 0.2) is 0 Å². The number of fused-ring (bicyclic) bond motifs is 1. The Labute approximate surface area is 82.8 Å². The number of halogens is 1. The van der Waals surface area contributed by atoms with Gasteiger partial charge in [0, 0.05) is 6.42 Å². The SMILES string of the molecule is CCOC(=O)[C@]1(N)C[C@@H](F)[C@H]2[C@H](C)[C@H]21. The van der Waals surface area contributed by atoms with E-state index in [1.807, 2.05) is 6.92 Å². The second-order valence-electron chi connectivity index (χ2n) is 4.44. The molecule has 0 bridgehead atoms. The van der Waals surface area contributed by atoms with Gasteiger partial charge in [-0.15, -0.1) is 0 Å². The molecular weight excluding hydrogens is 185 g/mol. The number of carbonyl (C=O) groups is 1. The van der Waals surface area contributed by atoms with Gasteiger partial charge in [-0.2, -0.15) is 0 Å². The smallest absolute Gasteiger partial charge is 0.326 e. The molecule has 0 aromatic rings. The molecule has 0 saturated heterocycles. The zero-order valence-corrected chi connectivity index (χ0v) is 8.50. The molecule has 2 fully saturated rings. The molecule has 0 unspecified atom stereocenters. The largest absolute Gasteiger partial charge is 0.465 e. The van der Waals surface area contributed by atoms with Gasteiger partial charge in [-0.3, -0.25) is 4.79 Å². The van der Waals surface area contributed by atoms with Gasteiger partial charge in [0.1, 0.15) is 11.7 Å². The predicted molar refractivity (Wildman–Crippen MR) is 49.2 cm³/mol. The van der Waals surface area contributed by atoms with Gasteiger partial charge in [-0.1, -0.05) is 6.92 Å². The number of carbonyl (C=O) groups excluding carboxylic acids is 1. The first-order valence-electron chi connectivity index (χ1n) is 5.12. The first kappa shape index (κ1) is 9.90. The van der Waals surface area contributed by atoms with Gasteiger partial charge in [0.2, 0.25) is 0 Å². The Hall–Kier alpha value is -0.640. The van der Waals surface area contributed by atoms with Gasteiger partial charge in [0.05, 0.1) is 6.61 Å². The zero-order valence-electron chi connectivity index (χ0n) is 8.50. The van der Waals surface area contributed by atoms with Gasteiger partial charge in [0.25, 0.3) is 0 Å². The van der Waals surface area contributed by atoms with E-state index in [1.165, 1.54) is 0 Å². The van der Waals surface area contributed by atoms with Gasteiger partial charge >= 0.3 is 5.97 Å². The quantitative estimate of drug-likeness (QED) is 0.674. The molecule has 0 radical (unpaired) electrons. The highest BCUT2D eigenvalue weighted by Gasteiger charge is 2.70. The molecule has 2 aliphatic rings. The number of esters is 1. The summed E-state index contributed by atoms with van der Waals surface area (Å²) in [5.74, 6) is -0.214. The molecule has 2 N–H and O–H groups in total. The van der Waals surface area contributed by atoms with Crippen LogP contribution >= 0.6 is 0 Å². The highest BCUT2D eigenvalue weighted by atomic mass is 19.1. The Balaban J connectivity index is 2.13. The van der Waals surface area contributed by atoms with Crippen LogP contribution in [0.2, 0.25) is 0 Å². The van der Waals surface area contributed by atoms with E-state index in [9.17, 15) is 9.18 Å². The molecule has 2 aliphatic carbocycles. The molecule has 0 heterocycles. The molecule has 14 heavy (non-hydrogen) atoms. The minimum atomic E-state index is -1.06. The van der Waals surface area contributed by atoms with Crippen molar-refractivity contribution >= 4 is 5.97 Å². The normalized spacial score (nSPS) is 50.0. The van der Waals surface area contributed by atoms with Crippen LogP contribution in [-0.4, -0.2) is 24.3 Å². The highest BCUT2D eigenvalue weighted by molar-refractivity contribution is 5.82. The fourth-order valence-electron chi connectivity index (χ4n) is 2.94. The molecule has 0 aromatic carbocycles. The Morgan fingerprint density at radius 3 is 2.79 bits per heavy atom. The van der Waals surface area contributed by atoms with Crippen molar-refractivity contribution in [2.75, 3.05) is 6.61 Å². The lowest BCUT2D eigenvalue weighted by Gasteiger charge is -2.24. The molecule has 2 rings (SSSR count). The topological polar surface area (TPSA) is 52.3 Å². The third-order valence-electron chi connectivity index (χ3n) is 3.65. The average molecular weight is 201 g/mol. The van der Waals surface area contributed by atoms with Crippen LogP contribution in [0.3, 0.4) is 0 Å². The van der Waals surface area contributed by atoms with Gasteiger partial charge < -0.3 is 10.5 Å². The number of rotatable bonds is 2. The van der Waals surface area contributed by atoms with Crippen molar-refractivity contribution < 1.29 is 13.9 Å². The molecular formula is C10H16FNO2. The second kappa shape index (κ2) is 2.92. The fourth-order valence-corrected chi connectivity index (χ4v) is 2.94. The van der Waals surface area contributed by atoms with Crippen molar-refractivity contribution in [3.8, 4) is 0 Å². The molecule has 0 aliphatic heterocycles. The standard InChI is InChI=1S/C10H16FNO2/c1-3-14-9(13)10(12)4-6(11)7-5(2)8(7)10/h5-8H,3-4,12H2,1-2H3/t5-,6+,7+,8+,10-/m0/s1. The van der Waals surface area contributed by atoms with E-state index in [0.717, 1.165) is 0 Å². The maximum absolute atomic E-state index is 13.4. The number of hydrogen-bond donors (Lipinski definition) is 1. The van der Waals surface area contributed by atoms with E-state index in [-0.39, 0.29) is 24.2 Å². The maximum Gasteiger partial charge on any atom is 0.326 e. The summed E-state index contributed by atoms with van der Waals surface area (Å²) in [5.41, 5.74) is 4.88. The predicted octanol–water partition coefficient (Wildman–Crippen LogP) is 0.871. The highest BCUT2D eigenvalue weighted by Crippen LogP contribution is 2.62. The van der Waals surface area contributed by atoms with Crippen LogP contribution in [0.25, 0.3) is 0 Å². The van der Waals surface area contributed by atoms with E-state index in [2.05, 4.69) is 0 Å². The summed E-state index contributed by atoms with van der Waals surface area (Å²) in [7, 11) is 0.